The van der Waals surface area contributed by atoms with Crippen molar-refractivity contribution in [2.75, 3.05) is 9.80 Å². The molecule has 0 saturated heterocycles. The van der Waals surface area contributed by atoms with Crippen LogP contribution < -0.4 is 9.80 Å². The highest BCUT2D eigenvalue weighted by Gasteiger charge is 2.28. The Kier molecular flexibility index (Phi) is 10.6. The summed E-state index contributed by atoms with van der Waals surface area (Å²) in [6.45, 7) is 13.1. The Bertz CT molecular complexity index is 4330. The molecular formula is C70H54N2O2. The number of furan rings is 1. The first-order valence-electron chi connectivity index (χ1n) is 25.6. The van der Waals surface area contributed by atoms with Crippen molar-refractivity contribution in [3.63, 3.8) is 0 Å². The second-order valence-electron chi connectivity index (χ2n) is 20.1. The van der Waals surface area contributed by atoms with Crippen LogP contribution >= 0.6 is 0 Å². The third-order valence-electron chi connectivity index (χ3n) is 15.5. The highest BCUT2D eigenvalue weighted by molar-refractivity contribution is 6.28. The van der Waals surface area contributed by atoms with Crippen molar-refractivity contribution < 1.29 is 9.52 Å². The van der Waals surface area contributed by atoms with Crippen LogP contribution in [0.3, 0.4) is 0 Å². The maximum absolute atomic E-state index is 12.8. The number of fused-ring (bicyclic) bond motifs is 3. The molecule has 1 aromatic heterocycles. The molecule has 0 aliphatic carbocycles. The lowest BCUT2D eigenvalue weighted by Crippen LogP contribution is -2.14. The van der Waals surface area contributed by atoms with Crippen LogP contribution in [0.4, 0.5) is 34.1 Å². The minimum absolute atomic E-state index is 0.222. The van der Waals surface area contributed by atoms with Crippen LogP contribution in [0, 0.1) is 41.5 Å². The number of hydrogen-bond acceptors (Lipinski definition) is 4. The molecule has 0 aliphatic heterocycles. The molecule has 0 fully saturated rings. The van der Waals surface area contributed by atoms with E-state index in [9.17, 15) is 5.11 Å². The Hall–Kier alpha value is -9.12. The molecular weight excluding hydrogens is 901 g/mol. The zero-order chi connectivity index (χ0) is 50.4. The van der Waals surface area contributed by atoms with Crippen molar-refractivity contribution in [1.82, 2.24) is 0 Å². The van der Waals surface area contributed by atoms with E-state index in [1.165, 1.54) is 44.2 Å². The van der Waals surface area contributed by atoms with Crippen LogP contribution in [0.5, 0.6) is 5.75 Å². The number of aromatic hydroxyl groups is 1. The summed E-state index contributed by atoms with van der Waals surface area (Å²) in [7, 11) is 0. The maximum Gasteiger partial charge on any atom is 0.159 e. The molecule has 13 rings (SSSR count). The standard InChI is InChI=1S/C70H54N2O2/c1-42-17-7-9-25-52(42)50-23-13-24-51(41-50)54-27-15-31-62(68(54)73)71(66-44(3)19-11-20-45(66)4)60-39-35-48-34-38-59-61(40-36-49-33-37-58(60)64(48)65(49)59)72(67-46(5)21-12-22-47(67)6)63-32-16-30-57-56-29-14-28-55(69(56)74-70(57)63)53-26-10-8-18-43(53)2/h7-41,73H,1-6H3. The van der Waals surface area contributed by atoms with Crippen molar-refractivity contribution in [3.8, 4) is 39.1 Å². The largest absolute Gasteiger partial charge is 0.505 e. The van der Waals surface area contributed by atoms with Gasteiger partial charge in [0.05, 0.1) is 34.1 Å². The molecule has 13 aromatic rings. The predicted octanol–water partition coefficient (Wildman–Crippen LogP) is 20.0. The van der Waals surface area contributed by atoms with Crippen molar-refractivity contribution >= 4 is 88.4 Å². The van der Waals surface area contributed by atoms with Gasteiger partial charge in [0.15, 0.2) is 5.58 Å². The number of benzene rings is 12. The number of nitrogens with zero attached hydrogens (tertiary/aromatic N) is 2. The molecule has 0 radical (unpaired) electrons. The Morgan fingerprint density at radius 1 is 0.311 bits per heavy atom. The Morgan fingerprint density at radius 2 is 0.730 bits per heavy atom. The molecule has 4 nitrogen and oxygen atoms in total. The van der Waals surface area contributed by atoms with Crippen LogP contribution in [-0.4, -0.2) is 5.11 Å². The van der Waals surface area contributed by atoms with Gasteiger partial charge in [0.2, 0.25) is 0 Å². The number of aryl methyl sites for hydroxylation is 6. The third kappa shape index (κ3) is 7.04. The smallest absolute Gasteiger partial charge is 0.159 e. The molecule has 0 spiro atoms. The normalized spacial score (nSPS) is 11.7. The van der Waals surface area contributed by atoms with E-state index < -0.39 is 0 Å². The van der Waals surface area contributed by atoms with Gasteiger partial charge in [-0.1, -0.05) is 182 Å². The Morgan fingerprint density at radius 3 is 1.32 bits per heavy atom. The minimum Gasteiger partial charge on any atom is -0.505 e. The van der Waals surface area contributed by atoms with Crippen LogP contribution in [0.1, 0.15) is 33.4 Å². The Labute approximate surface area is 432 Å². The van der Waals surface area contributed by atoms with E-state index in [-0.39, 0.29) is 5.75 Å². The van der Waals surface area contributed by atoms with Gasteiger partial charge in [-0.05, 0) is 149 Å². The van der Waals surface area contributed by atoms with E-state index in [4.69, 9.17) is 4.42 Å². The Balaban J connectivity index is 1.04. The summed E-state index contributed by atoms with van der Waals surface area (Å²) in [4.78, 5) is 4.73. The SMILES string of the molecule is Cc1ccccc1-c1cccc(-c2cccc(N(c3c(C)cccc3C)c3ccc4ccc5c(N(c6c(C)cccc6C)c6cccc7c6oc6c(-c8ccccc8C)cccc67)ccc6ccc3c4c65)c2O)c1. The van der Waals surface area contributed by atoms with Gasteiger partial charge in [-0.2, -0.15) is 0 Å². The summed E-state index contributed by atoms with van der Waals surface area (Å²) in [5.74, 6) is 0.222. The molecule has 0 bridgehead atoms. The van der Waals surface area contributed by atoms with Gasteiger partial charge >= 0.3 is 0 Å². The highest BCUT2D eigenvalue weighted by Crippen LogP contribution is 2.53. The van der Waals surface area contributed by atoms with Gasteiger partial charge in [0.25, 0.3) is 0 Å². The summed E-state index contributed by atoms with van der Waals surface area (Å²) >= 11 is 0. The molecule has 4 heteroatoms. The van der Waals surface area contributed by atoms with Gasteiger partial charge in [-0.15, -0.1) is 0 Å². The molecule has 0 aliphatic rings. The lowest BCUT2D eigenvalue weighted by atomic mass is 9.91. The lowest BCUT2D eigenvalue weighted by Gasteiger charge is -2.32. The predicted molar refractivity (Wildman–Crippen MR) is 313 cm³/mol. The monoisotopic (exact) mass is 954 g/mol. The van der Waals surface area contributed by atoms with Crippen LogP contribution in [-0.2, 0) is 0 Å². The number of hydrogen-bond donors (Lipinski definition) is 1. The van der Waals surface area contributed by atoms with E-state index in [1.807, 2.05) is 6.07 Å². The third-order valence-corrected chi connectivity index (χ3v) is 15.5. The fourth-order valence-electron chi connectivity index (χ4n) is 12.0. The zero-order valence-electron chi connectivity index (χ0n) is 42.5. The fourth-order valence-corrected chi connectivity index (χ4v) is 12.0. The van der Waals surface area contributed by atoms with Gasteiger partial charge in [0, 0.05) is 32.7 Å². The average molecular weight is 955 g/mol. The first-order chi connectivity index (χ1) is 36.1. The van der Waals surface area contributed by atoms with Crippen molar-refractivity contribution in [1.29, 1.82) is 0 Å². The van der Waals surface area contributed by atoms with Crippen molar-refractivity contribution in [2.24, 2.45) is 0 Å². The quantitative estimate of drug-likeness (QED) is 0.146. The summed E-state index contributed by atoms with van der Waals surface area (Å²) in [5.41, 5.74) is 20.8. The van der Waals surface area contributed by atoms with Gasteiger partial charge in [-0.3, -0.25) is 0 Å². The minimum atomic E-state index is 0.222. The number of phenolic OH excluding ortho intramolecular Hbond substituents is 1. The molecule has 356 valence electrons. The van der Waals surface area contributed by atoms with Crippen molar-refractivity contribution in [3.05, 3.63) is 246 Å². The molecule has 0 amide bonds. The summed E-state index contributed by atoms with van der Waals surface area (Å²) in [5, 5.41) is 21.8. The fraction of sp³-hybridized carbons (Fsp3) is 0.0857. The molecule has 74 heavy (non-hydrogen) atoms. The summed E-state index contributed by atoms with van der Waals surface area (Å²) in [6.07, 6.45) is 0. The van der Waals surface area contributed by atoms with Gasteiger partial charge in [-0.25, -0.2) is 0 Å². The molecule has 1 N–H and O–H groups in total. The molecule has 1 heterocycles. The lowest BCUT2D eigenvalue weighted by molar-refractivity contribution is 0.478. The molecule has 0 saturated carbocycles. The van der Waals surface area contributed by atoms with Crippen LogP contribution in [0.25, 0.3) is 87.6 Å². The van der Waals surface area contributed by atoms with Crippen LogP contribution in [0.15, 0.2) is 217 Å². The highest BCUT2D eigenvalue weighted by atomic mass is 16.3. The second kappa shape index (κ2) is 17.6. The average Bonchev–Trinajstić information content (AvgIpc) is 3.82. The van der Waals surface area contributed by atoms with E-state index in [0.29, 0.717) is 5.69 Å². The first kappa shape index (κ1) is 44.8. The number of rotatable bonds is 9. The zero-order valence-corrected chi connectivity index (χ0v) is 42.5. The number of para-hydroxylation sites is 5. The van der Waals surface area contributed by atoms with E-state index in [1.54, 1.807) is 0 Å². The topological polar surface area (TPSA) is 39.9 Å². The van der Waals surface area contributed by atoms with E-state index in [0.717, 1.165) is 105 Å². The second-order valence-corrected chi connectivity index (χ2v) is 20.1. The first-order valence-corrected chi connectivity index (χ1v) is 25.6. The van der Waals surface area contributed by atoms with E-state index >= 15 is 0 Å². The van der Waals surface area contributed by atoms with Crippen LogP contribution in [0.2, 0.25) is 0 Å². The van der Waals surface area contributed by atoms with E-state index in [2.05, 4.69) is 258 Å². The number of phenols is 1. The summed E-state index contributed by atoms with van der Waals surface area (Å²) < 4.78 is 7.21. The van der Waals surface area contributed by atoms with Gasteiger partial charge in [0.1, 0.15) is 11.3 Å². The molecule has 12 aromatic carbocycles. The van der Waals surface area contributed by atoms with Crippen molar-refractivity contribution in [2.45, 2.75) is 41.5 Å². The summed E-state index contributed by atoms with van der Waals surface area (Å²) in [6, 6.07) is 75.9. The molecule has 0 atom stereocenters. The number of anilines is 6. The molecule has 0 unspecified atom stereocenters. The maximum atomic E-state index is 12.8. The van der Waals surface area contributed by atoms with Gasteiger partial charge < -0.3 is 19.3 Å².